The van der Waals surface area contributed by atoms with Crippen molar-refractivity contribution in [1.82, 2.24) is 4.90 Å². The molecule has 35 heavy (non-hydrogen) atoms. The third-order valence-corrected chi connectivity index (χ3v) is 5.94. The van der Waals surface area contributed by atoms with Gasteiger partial charge in [0.25, 0.3) is 5.91 Å². The van der Waals surface area contributed by atoms with E-state index in [0.29, 0.717) is 37.4 Å². The van der Waals surface area contributed by atoms with E-state index in [1.807, 2.05) is 37.3 Å². The van der Waals surface area contributed by atoms with Crippen molar-refractivity contribution in [3.05, 3.63) is 89.5 Å². The first-order valence-corrected chi connectivity index (χ1v) is 11.5. The van der Waals surface area contributed by atoms with Crippen LogP contribution in [0.4, 0.5) is 17.1 Å². The predicted octanol–water partition coefficient (Wildman–Crippen LogP) is 3.71. The van der Waals surface area contributed by atoms with E-state index in [9.17, 15) is 19.5 Å². The number of anilines is 3. The lowest BCUT2D eigenvalue weighted by Gasteiger charge is -2.36. The van der Waals surface area contributed by atoms with Crippen LogP contribution in [0, 0.1) is 6.92 Å². The third kappa shape index (κ3) is 6.24. The summed E-state index contributed by atoms with van der Waals surface area (Å²) in [4.78, 5) is 40.9. The van der Waals surface area contributed by atoms with Crippen molar-refractivity contribution < 1.29 is 19.5 Å². The summed E-state index contributed by atoms with van der Waals surface area (Å²) in [5.74, 6) is -1.43. The molecule has 0 saturated carbocycles. The molecule has 0 bridgehead atoms. The van der Waals surface area contributed by atoms with Crippen LogP contribution in [-0.2, 0) is 4.79 Å². The Morgan fingerprint density at radius 3 is 2.17 bits per heavy atom. The summed E-state index contributed by atoms with van der Waals surface area (Å²) in [5, 5.41) is 15.2. The minimum atomic E-state index is -1.06. The second-order valence-corrected chi connectivity index (χ2v) is 8.53. The van der Waals surface area contributed by atoms with Gasteiger partial charge in [0.1, 0.15) is 0 Å². The Bertz CT molecular complexity index is 1200. The zero-order chi connectivity index (χ0) is 24.8. The molecule has 1 saturated heterocycles. The number of aryl methyl sites for hydroxylation is 1. The van der Waals surface area contributed by atoms with Crippen LogP contribution in [0.5, 0.6) is 0 Å². The van der Waals surface area contributed by atoms with E-state index < -0.39 is 5.97 Å². The maximum atomic E-state index is 12.7. The number of hydrogen-bond acceptors (Lipinski definition) is 5. The van der Waals surface area contributed by atoms with E-state index in [1.165, 1.54) is 12.1 Å². The highest BCUT2D eigenvalue weighted by atomic mass is 16.4. The molecule has 1 heterocycles. The van der Waals surface area contributed by atoms with Gasteiger partial charge in [-0.05, 0) is 49.4 Å². The van der Waals surface area contributed by atoms with E-state index in [1.54, 1.807) is 30.3 Å². The lowest BCUT2D eigenvalue weighted by atomic mass is 10.1. The first-order valence-electron chi connectivity index (χ1n) is 11.5. The molecule has 0 unspecified atom stereocenters. The second kappa shape index (κ2) is 10.8. The van der Waals surface area contributed by atoms with Gasteiger partial charge in [-0.1, -0.05) is 35.9 Å². The number of carbonyl (C=O) groups is 3. The number of carbonyl (C=O) groups excluding carboxylic acids is 2. The van der Waals surface area contributed by atoms with Crippen LogP contribution >= 0.6 is 0 Å². The Labute approximate surface area is 204 Å². The Kier molecular flexibility index (Phi) is 7.42. The fourth-order valence-corrected chi connectivity index (χ4v) is 4.02. The summed E-state index contributed by atoms with van der Waals surface area (Å²) in [6.45, 7) is 4.88. The van der Waals surface area contributed by atoms with E-state index in [4.69, 9.17) is 0 Å². The van der Waals surface area contributed by atoms with Crippen molar-refractivity contribution in [2.45, 2.75) is 6.92 Å². The molecular weight excluding hydrogens is 444 g/mol. The standard InChI is InChI=1S/C27H28N4O4/c1-19-7-10-22(11-8-19)28-25(32)18-30-13-15-31(16-14-30)24-12-9-21(27(34)35)17-23(24)29-26(33)20-5-3-2-4-6-20/h2-12,17H,13-16,18H2,1H3,(H,28,32)(H,29,33)(H,34,35). The van der Waals surface area contributed by atoms with Gasteiger partial charge in [0.15, 0.2) is 0 Å². The number of carboxylic acid groups (broad SMARTS) is 1. The molecule has 1 aliphatic heterocycles. The van der Waals surface area contributed by atoms with E-state index in [-0.39, 0.29) is 23.9 Å². The number of piperazine rings is 1. The minimum absolute atomic E-state index is 0.0658. The van der Waals surface area contributed by atoms with Crippen LogP contribution in [0.1, 0.15) is 26.3 Å². The minimum Gasteiger partial charge on any atom is -0.478 e. The first kappa shape index (κ1) is 24.0. The maximum Gasteiger partial charge on any atom is 0.335 e. The van der Waals surface area contributed by atoms with Gasteiger partial charge in [-0.2, -0.15) is 0 Å². The molecule has 8 nitrogen and oxygen atoms in total. The van der Waals surface area contributed by atoms with Gasteiger partial charge in [-0.15, -0.1) is 0 Å². The quantitative estimate of drug-likeness (QED) is 0.485. The molecule has 3 N–H and O–H groups in total. The highest BCUT2D eigenvalue weighted by Gasteiger charge is 2.22. The summed E-state index contributed by atoms with van der Waals surface area (Å²) in [6.07, 6.45) is 0. The van der Waals surface area contributed by atoms with Crippen molar-refractivity contribution in [2.75, 3.05) is 48.3 Å². The first-order chi connectivity index (χ1) is 16.9. The fourth-order valence-electron chi connectivity index (χ4n) is 4.02. The molecule has 180 valence electrons. The summed E-state index contributed by atoms with van der Waals surface area (Å²) in [7, 11) is 0. The summed E-state index contributed by atoms with van der Waals surface area (Å²) >= 11 is 0. The van der Waals surface area contributed by atoms with Crippen LogP contribution in [0.2, 0.25) is 0 Å². The maximum absolute atomic E-state index is 12.7. The molecule has 8 heteroatoms. The van der Waals surface area contributed by atoms with Gasteiger partial charge in [0, 0.05) is 37.4 Å². The van der Waals surface area contributed by atoms with Crippen molar-refractivity contribution in [3.8, 4) is 0 Å². The van der Waals surface area contributed by atoms with Crippen LogP contribution < -0.4 is 15.5 Å². The third-order valence-electron chi connectivity index (χ3n) is 5.94. The number of hydrogen-bond donors (Lipinski definition) is 3. The summed E-state index contributed by atoms with van der Waals surface area (Å²) in [6, 6.07) is 21.2. The lowest BCUT2D eigenvalue weighted by molar-refractivity contribution is -0.117. The topological polar surface area (TPSA) is 102 Å². The second-order valence-electron chi connectivity index (χ2n) is 8.53. The lowest BCUT2D eigenvalue weighted by Crippen LogP contribution is -2.48. The molecule has 4 rings (SSSR count). The van der Waals surface area contributed by atoms with E-state index in [0.717, 1.165) is 16.9 Å². The van der Waals surface area contributed by atoms with Gasteiger partial charge in [0.05, 0.1) is 23.5 Å². The smallest absolute Gasteiger partial charge is 0.335 e. The number of carboxylic acids is 1. The molecule has 0 aliphatic carbocycles. The average Bonchev–Trinajstić information content (AvgIpc) is 2.86. The Morgan fingerprint density at radius 2 is 1.51 bits per heavy atom. The molecule has 3 aromatic rings. The zero-order valence-corrected chi connectivity index (χ0v) is 19.5. The van der Waals surface area contributed by atoms with Gasteiger partial charge in [0.2, 0.25) is 5.91 Å². The molecule has 1 aliphatic rings. The highest BCUT2D eigenvalue weighted by Crippen LogP contribution is 2.29. The fraction of sp³-hybridized carbons (Fsp3) is 0.222. The van der Waals surface area contributed by atoms with Gasteiger partial charge in [-0.25, -0.2) is 4.79 Å². The molecule has 0 atom stereocenters. The van der Waals surface area contributed by atoms with E-state index in [2.05, 4.69) is 20.4 Å². The molecule has 0 radical (unpaired) electrons. The van der Waals surface area contributed by atoms with Gasteiger partial charge < -0.3 is 20.6 Å². The van der Waals surface area contributed by atoms with Crippen LogP contribution in [-0.4, -0.2) is 60.5 Å². The van der Waals surface area contributed by atoms with Crippen molar-refractivity contribution in [1.29, 1.82) is 0 Å². The number of aromatic carboxylic acids is 1. The summed E-state index contributed by atoms with van der Waals surface area (Å²) in [5.41, 5.74) is 3.70. The zero-order valence-electron chi connectivity index (χ0n) is 19.5. The van der Waals surface area contributed by atoms with Crippen LogP contribution in [0.3, 0.4) is 0 Å². The molecule has 0 aromatic heterocycles. The Balaban J connectivity index is 1.41. The number of nitrogens with zero attached hydrogens (tertiary/aromatic N) is 2. The van der Waals surface area contributed by atoms with Crippen molar-refractivity contribution >= 4 is 34.8 Å². The van der Waals surface area contributed by atoms with Gasteiger partial charge in [-0.3, -0.25) is 14.5 Å². The SMILES string of the molecule is Cc1ccc(NC(=O)CN2CCN(c3ccc(C(=O)O)cc3NC(=O)c3ccccc3)CC2)cc1. The number of nitrogens with one attached hydrogen (secondary N) is 2. The largest absolute Gasteiger partial charge is 0.478 e. The summed E-state index contributed by atoms with van der Waals surface area (Å²) < 4.78 is 0. The monoisotopic (exact) mass is 472 g/mol. The number of benzene rings is 3. The Hall–Kier alpha value is -4.17. The number of rotatable bonds is 7. The highest BCUT2D eigenvalue weighted by molar-refractivity contribution is 6.06. The van der Waals surface area contributed by atoms with Crippen LogP contribution in [0.15, 0.2) is 72.8 Å². The van der Waals surface area contributed by atoms with Crippen molar-refractivity contribution in [3.63, 3.8) is 0 Å². The molecule has 1 fully saturated rings. The molecule has 3 aromatic carbocycles. The average molecular weight is 473 g/mol. The predicted molar refractivity (Wildman–Crippen MR) is 136 cm³/mol. The Morgan fingerprint density at radius 1 is 0.829 bits per heavy atom. The van der Waals surface area contributed by atoms with Crippen molar-refractivity contribution in [2.24, 2.45) is 0 Å². The van der Waals surface area contributed by atoms with Gasteiger partial charge >= 0.3 is 5.97 Å². The molecule has 0 spiro atoms. The normalized spacial score (nSPS) is 13.8. The van der Waals surface area contributed by atoms with Crippen LogP contribution in [0.25, 0.3) is 0 Å². The van der Waals surface area contributed by atoms with E-state index >= 15 is 0 Å². The molecule has 2 amide bonds. The number of amides is 2. The molecular formula is C27H28N4O4.